The Labute approximate surface area is 73.6 Å². The lowest BCUT2D eigenvalue weighted by Gasteiger charge is -2.09. The van der Waals surface area contributed by atoms with Crippen LogP contribution in [-0.4, -0.2) is 0 Å². The molecule has 12 heavy (non-hydrogen) atoms. The Bertz CT molecular complexity index is 318. The topological polar surface area (TPSA) is 23.8 Å². The van der Waals surface area contributed by atoms with E-state index < -0.39 is 0 Å². The van der Waals surface area contributed by atoms with E-state index in [0.717, 1.165) is 16.7 Å². The van der Waals surface area contributed by atoms with Crippen molar-refractivity contribution in [3.8, 4) is 6.07 Å². The third-order valence-electron chi connectivity index (χ3n) is 2.03. The molecule has 1 unspecified atom stereocenters. The van der Waals surface area contributed by atoms with Crippen LogP contribution in [0.5, 0.6) is 0 Å². The SMILES string of the molecule is [CH2]C(C)c1cccc(C#N)c1C. The normalized spacial score (nSPS) is 9.92. The van der Waals surface area contributed by atoms with Gasteiger partial charge in [0.15, 0.2) is 0 Å². The number of hydrogen-bond acceptors (Lipinski definition) is 1. The molecule has 0 amide bonds. The first-order valence-corrected chi connectivity index (χ1v) is 3.99. The second-order valence-corrected chi connectivity index (χ2v) is 3.03. The number of benzene rings is 1. The number of nitrogens with zero attached hydrogens (tertiary/aromatic N) is 1. The first-order chi connectivity index (χ1) is 5.66. The summed E-state index contributed by atoms with van der Waals surface area (Å²) >= 11 is 0. The van der Waals surface area contributed by atoms with Gasteiger partial charge in [0, 0.05) is 0 Å². The number of rotatable bonds is 1. The largest absolute Gasteiger partial charge is 0.192 e. The van der Waals surface area contributed by atoms with Crippen molar-refractivity contribution in [1.29, 1.82) is 5.26 Å². The highest BCUT2D eigenvalue weighted by atomic mass is 14.2. The van der Waals surface area contributed by atoms with E-state index in [4.69, 9.17) is 5.26 Å². The van der Waals surface area contributed by atoms with Gasteiger partial charge in [0.25, 0.3) is 0 Å². The molecule has 1 rings (SSSR count). The Morgan fingerprint density at radius 1 is 1.50 bits per heavy atom. The van der Waals surface area contributed by atoms with Gasteiger partial charge in [0.05, 0.1) is 11.6 Å². The Kier molecular flexibility index (Phi) is 2.50. The average molecular weight is 158 g/mol. The molecule has 0 N–H and O–H groups in total. The molecule has 1 atom stereocenters. The second kappa shape index (κ2) is 3.40. The lowest BCUT2D eigenvalue weighted by atomic mass is 9.95. The van der Waals surface area contributed by atoms with Crippen molar-refractivity contribution in [2.24, 2.45) is 0 Å². The predicted octanol–water partition coefficient (Wildman–Crippen LogP) is 2.80. The zero-order valence-corrected chi connectivity index (χ0v) is 7.46. The molecule has 1 heteroatoms. The minimum absolute atomic E-state index is 0.248. The summed E-state index contributed by atoms with van der Waals surface area (Å²) < 4.78 is 0. The summed E-state index contributed by atoms with van der Waals surface area (Å²) in [5, 5.41) is 8.75. The minimum atomic E-state index is 0.248. The molecule has 0 saturated carbocycles. The van der Waals surface area contributed by atoms with Crippen molar-refractivity contribution in [3.05, 3.63) is 41.8 Å². The van der Waals surface area contributed by atoms with E-state index in [0.29, 0.717) is 0 Å². The Morgan fingerprint density at radius 2 is 2.17 bits per heavy atom. The minimum Gasteiger partial charge on any atom is -0.192 e. The molecule has 0 bridgehead atoms. The molecule has 0 heterocycles. The van der Waals surface area contributed by atoms with E-state index in [2.05, 4.69) is 13.0 Å². The lowest BCUT2D eigenvalue weighted by molar-refractivity contribution is 0.947. The maximum Gasteiger partial charge on any atom is 0.0994 e. The van der Waals surface area contributed by atoms with Gasteiger partial charge >= 0.3 is 0 Å². The summed E-state index contributed by atoms with van der Waals surface area (Å²) in [6.45, 7) is 7.93. The molecule has 61 valence electrons. The highest BCUT2D eigenvalue weighted by molar-refractivity contribution is 5.43. The Morgan fingerprint density at radius 3 is 2.67 bits per heavy atom. The predicted molar refractivity (Wildman–Crippen MR) is 49.7 cm³/mol. The van der Waals surface area contributed by atoms with Crippen molar-refractivity contribution in [3.63, 3.8) is 0 Å². The number of hydrogen-bond donors (Lipinski definition) is 0. The molecule has 0 aromatic heterocycles. The summed E-state index contributed by atoms with van der Waals surface area (Å²) in [5.74, 6) is 0.248. The summed E-state index contributed by atoms with van der Waals surface area (Å²) in [7, 11) is 0. The van der Waals surface area contributed by atoms with Gasteiger partial charge in [-0.05, 0) is 37.0 Å². The van der Waals surface area contributed by atoms with Crippen molar-refractivity contribution in [1.82, 2.24) is 0 Å². The fraction of sp³-hybridized carbons (Fsp3) is 0.273. The van der Waals surface area contributed by atoms with E-state index in [1.807, 2.05) is 32.0 Å². The third kappa shape index (κ3) is 1.48. The van der Waals surface area contributed by atoms with Gasteiger partial charge < -0.3 is 0 Å². The van der Waals surface area contributed by atoms with E-state index in [1.165, 1.54) is 0 Å². The monoisotopic (exact) mass is 158 g/mol. The van der Waals surface area contributed by atoms with E-state index >= 15 is 0 Å². The summed E-state index contributed by atoms with van der Waals surface area (Å²) in [5.41, 5.74) is 2.97. The summed E-state index contributed by atoms with van der Waals surface area (Å²) in [6.07, 6.45) is 0. The van der Waals surface area contributed by atoms with E-state index in [9.17, 15) is 0 Å². The van der Waals surface area contributed by atoms with Crippen LogP contribution in [0.4, 0.5) is 0 Å². The fourth-order valence-electron chi connectivity index (χ4n) is 1.31. The maximum absolute atomic E-state index is 8.75. The molecule has 0 aliphatic carbocycles. The van der Waals surface area contributed by atoms with Gasteiger partial charge in [-0.3, -0.25) is 0 Å². The van der Waals surface area contributed by atoms with Crippen molar-refractivity contribution in [2.75, 3.05) is 0 Å². The van der Waals surface area contributed by atoms with Crippen LogP contribution in [0.1, 0.15) is 29.5 Å². The van der Waals surface area contributed by atoms with Gasteiger partial charge in [-0.2, -0.15) is 5.26 Å². The summed E-state index contributed by atoms with van der Waals surface area (Å²) in [6, 6.07) is 7.92. The summed E-state index contributed by atoms with van der Waals surface area (Å²) in [4.78, 5) is 0. The van der Waals surface area contributed by atoms with Crippen LogP contribution in [0.25, 0.3) is 0 Å². The average Bonchev–Trinajstić information content (AvgIpc) is 2.04. The Balaban J connectivity index is 3.25. The zero-order valence-electron chi connectivity index (χ0n) is 7.46. The van der Waals surface area contributed by atoms with Gasteiger partial charge in [-0.15, -0.1) is 0 Å². The molecular formula is C11H12N. The quantitative estimate of drug-likeness (QED) is 0.616. The molecule has 1 radical (unpaired) electrons. The van der Waals surface area contributed by atoms with Crippen LogP contribution in [0, 0.1) is 25.2 Å². The van der Waals surface area contributed by atoms with Gasteiger partial charge in [0.2, 0.25) is 0 Å². The maximum atomic E-state index is 8.75. The molecular weight excluding hydrogens is 146 g/mol. The standard InChI is InChI=1S/C11H12N/c1-8(2)11-6-4-5-10(7-12)9(11)3/h4-6,8H,1H2,2-3H3. The van der Waals surface area contributed by atoms with Crippen molar-refractivity contribution in [2.45, 2.75) is 19.8 Å². The molecule has 1 aromatic carbocycles. The molecule has 1 nitrogen and oxygen atoms in total. The van der Waals surface area contributed by atoms with Crippen LogP contribution < -0.4 is 0 Å². The van der Waals surface area contributed by atoms with Crippen LogP contribution in [0.3, 0.4) is 0 Å². The van der Waals surface area contributed by atoms with Crippen LogP contribution >= 0.6 is 0 Å². The van der Waals surface area contributed by atoms with Gasteiger partial charge in [-0.25, -0.2) is 0 Å². The molecule has 0 aliphatic heterocycles. The first-order valence-electron chi connectivity index (χ1n) is 3.99. The molecule has 1 aromatic rings. The van der Waals surface area contributed by atoms with Crippen LogP contribution in [0.2, 0.25) is 0 Å². The third-order valence-corrected chi connectivity index (χ3v) is 2.03. The van der Waals surface area contributed by atoms with Crippen LogP contribution in [-0.2, 0) is 0 Å². The number of nitriles is 1. The molecule has 0 fully saturated rings. The zero-order chi connectivity index (χ0) is 9.14. The van der Waals surface area contributed by atoms with Gasteiger partial charge in [0.1, 0.15) is 0 Å². The van der Waals surface area contributed by atoms with E-state index in [1.54, 1.807) is 0 Å². The molecule has 0 saturated heterocycles. The van der Waals surface area contributed by atoms with Crippen LogP contribution in [0.15, 0.2) is 18.2 Å². The fourth-order valence-corrected chi connectivity index (χ4v) is 1.31. The van der Waals surface area contributed by atoms with Crippen molar-refractivity contribution >= 4 is 0 Å². The Hall–Kier alpha value is -1.29. The lowest BCUT2D eigenvalue weighted by Crippen LogP contribution is -1.94. The first kappa shape index (κ1) is 8.80. The smallest absolute Gasteiger partial charge is 0.0994 e. The molecule has 0 spiro atoms. The highest BCUT2D eigenvalue weighted by Gasteiger charge is 2.05. The van der Waals surface area contributed by atoms with E-state index in [-0.39, 0.29) is 5.92 Å². The van der Waals surface area contributed by atoms with Gasteiger partial charge in [-0.1, -0.05) is 19.1 Å². The highest BCUT2D eigenvalue weighted by Crippen LogP contribution is 2.20. The van der Waals surface area contributed by atoms with Crippen molar-refractivity contribution < 1.29 is 0 Å². The second-order valence-electron chi connectivity index (χ2n) is 3.03. The molecule has 0 aliphatic rings.